The highest BCUT2D eigenvalue weighted by molar-refractivity contribution is 5.85. The molecule has 0 fully saturated rings. The summed E-state index contributed by atoms with van der Waals surface area (Å²) in [5.74, 6) is 1.63. The van der Waals surface area contributed by atoms with Crippen LogP contribution in [0.15, 0.2) is 47.1 Å². The van der Waals surface area contributed by atoms with E-state index in [2.05, 4.69) is 6.07 Å². The number of hydrogen-bond acceptors (Lipinski definition) is 5. The molecule has 0 aliphatic heterocycles. The number of aryl methyl sites for hydroxylation is 2. The molecule has 0 unspecified atom stereocenters. The monoisotopic (exact) mass is 335 g/mol. The van der Waals surface area contributed by atoms with Crippen LogP contribution < -0.4 is 9.47 Å². The highest BCUT2D eigenvalue weighted by Crippen LogP contribution is 2.28. The molecule has 0 radical (unpaired) electrons. The minimum atomic E-state index is -0.367. The minimum absolute atomic E-state index is 0.367. The van der Waals surface area contributed by atoms with Crippen LogP contribution in [0.3, 0.4) is 0 Å². The standard InChI is InChI=1S/C20H17NO4/c1-13(22)25-17-6-4-15(20(10-17)23-2)5-8-19-18-7-3-14(11-21)9-16(18)12-24-19/h3-4,6-7,9-10,12H,5,8H2,1-2H3. The lowest BCUT2D eigenvalue weighted by Crippen LogP contribution is -2.02. The highest BCUT2D eigenvalue weighted by Gasteiger charge is 2.11. The van der Waals surface area contributed by atoms with Crippen molar-refractivity contribution in [3.63, 3.8) is 0 Å². The van der Waals surface area contributed by atoms with Crippen LogP contribution in [0.2, 0.25) is 0 Å². The van der Waals surface area contributed by atoms with E-state index in [-0.39, 0.29) is 5.97 Å². The van der Waals surface area contributed by atoms with Crippen molar-refractivity contribution in [2.24, 2.45) is 0 Å². The first-order valence-electron chi connectivity index (χ1n) is 7.86. The Morgan fingerprint density at radius 1 is 1.20 bits per heavy atom. The Kier molecular flexibility index (Phi) is 4.71. The van der Waals surface area contributed by atoms with Gasteiger partial charge in [-0.2, -0.15) is 5.26 Å². The van der Waals surface area contributed by atoms with E-state index in [1.807, 2.05) is 18.2 Å². The molecule has 0 amide bonds. The van der Waals surface area contributed by atoms with E-state index in [9.17, 15) is 4.79 Å². The van der Waals surface area contributed by atoms with Crippen LogP contribution in [0, 0.1) is 11.3 Å². The molecule has 0 aliphatic rings. The first kappa shape index (κ1) is 16.6. The van der Waals surface area contributed by atoms with Gasteiger partial charge in [0.1, 0.15) is 17.3 Å². The number of ether oxygens (including phenoxy) is 2. The Bertz CT molecular complexity index is 965. The molecule has 3 aromatic rings. The number of esters is 1. The van der Waals surface area contributed by atoms with E-state index < -0.39 is 0 Å². The Hall–Kier alpha value is -3.26. The maximum absolute atomic E-state index is 11.1. The summed E-state index contributed by atoms with van der Waals surface area (Å²) in [5, 5.41) is 10.9. The van der Waals surface area contributed by atoms with Crippen LogP contribution in [-0.4, -0.2) is 13.1 Å². The fraction of sp³-hybridized carbons (Fsp3) is 0.200. The van der Waals surface area contributed by atoms with E-state index in [4.69, 9.17) is 19.2 Å². The molecule has 5 nitrogen and oxygen atoms in total. The molecule has 5 heteroatoms. The van der Waals surface area contributed by atoms with E-state index in [1.54, 1.807) is 31.6 Å². The summed E-state index contributed by atoms with van der Waals surface area (Å²) in [6.07, 6.45) is 3.08. The Balaban J connectivity index is 1.79. The van der Waals surface area contributed by atoms with Gasteiger partial charge in [-0.25, -0.2) is 0 Å². The van der Waals surface area contributed by atoms with Gasteiger partial charge in [-0.3, -0.25) is 4.79 Å². The topological polar surface area (TPSA) is 72.5 Å². The number of benzene rings is 2. The average Bonchev–Trinajstić information content (AvgIpc) is 3.02. The van der Waals surface area contributed by atoms with Gasteiger partial charge in [0, 0.05) is 30.2 Å². The molecule has 0 saturated heterocycles. The Morgan fingerprint density at radius 2 is 2.04 bits per heavy atom. The summed E-state index contributed by atoms with van der Waals surface area (Å²) < 4.78 is 16.1. The van der Waals surface area contributed by atoms with Gasteiger partial charge in [-0.05, 0) is 36.2 Å². The van der Waals surface area contributed by atoms with E-state index >= 15 is 0 Å². The van der Waals surface area contributed by atoms with Gasteiger partial charge in [0.2, 0.25) is 0 Å². The molecule has 0 N–H and O–H groups in total. The summed E-state index contributed by atoms with van der Waals surface area (Å²) in [6, 6.07) is 13.0. The third kappa shape index (κ3) is 3.64. The molecule has 3 rings (SSSR count). The second-order valence-corrected chi connectivity index (χ2v) is 5.64. The molecule has 126 valence electrons. The van der Waals surface area contributed by atoms with Gasteiger partial charge in [0.15, 0.2) is 0 Å². The quantitative estimate of drug-likeness (QED) is 0.520. The summed E-state index contributed by atoms with van der Waals surface area (Å²) in [4.78, 5) is 11.1. The number of carbonyl (C=O) groups is 1. The molecule has 2 aromatic carbocycles. The van der Waals surface area contributed by atoms with E-state index in [1.165, 1.54) is 6.92 Å². The van der Waals surface area contributed by atoms with Gasteiger partial charge in [-0.1, -0.05) is 6.07 Å². The summed E-state index contributed by atoms with van der Waals surface area (Å²) in [5.41, 5.74) is 1.61. The smallest absolute Gasteiger partial charge is 0.308 e. The molecular weight excluding hydrogens is 318 g/mol. The van der Waals surface area contributed by atoms with Gasteiger partial charge < -0.3 is 13.9 Å². The molecule has 0 spiro atoms. The molecule has 0 bridgehead atoms. The number of rotatable bonds is 5. The van der Waals surface area contributed by atoms with E-state index in [0.29, 0.717) is 29.9 Å². The molecule has 0 saturated carbocycles. The number of methoxy groups -OCH3 is 1. The second kappa shape index (κ2) is 7.10. The Morgan fingerprint density at radius 3 is 2.76 bits per heavy atom. The predicted octanol–water partition coefficient (Wildman–Crippen LogP) is 4.02. The van der Waals surface area contributed by atoms with Crippen LogP contribution in [0.5, 0.6) is 11.5 Å². The Labute approximate surface area is 145 Å². The summed E-state index contributed by atoms with van der Waals surface area (Å²) in [7, 11) is 1.59. The number of nitrogens with zero attached hydrogens (tertiary/aromatic N) is 1. The van der Waals surface area contributed by atoms with Crippen molar-refractivity contribution in [2.45, 2.75) is 19.8 Å². The van der Waals surface area contributed by atoms with Crippen LogP contribution in [-0.2, 0) is 17.6 Å². The molecule has 0 atom stereocenters. The van der Waals surface area contributed by atoms with Crippen LogP contribution in [0.4, 0.5) is 0 Å². The molecule has 1 heterocycles. The number of hydrogen-bond donors (Lipinski definition) is 0. The number of nitriles is 1. The third-order valence-electron chi connectivity index (χ3n) is 3.95. The zero-order valence-corrected chi connectivity index (χ0v) is 14.0. The molecular formula is C20H17NO4. The summed E-state index contributed by atoms with van der Waals surface area (Å²) in [6.45, 7) is 1.36. The van der Waals surface area contributed by atoms with Crippen molar-refractivity contribution in [3.8, 4) is 17.6 Å². The second-order valence-electron chi connectivity index (χ2n) is 5.64. The molecule has 25 heavy (non-hydrogen) atoms. The number of carbonyl (C=O) groups excluding carboxylic acids is 1. The largest absolute Gasteiger partial charge is 0.496 e. The zero-order valence-electron chi connectivity index (χ0n) is 14.0. The lowest BCUT2D eigenvalue weighted by atomic mass is 10.0. The van der Waals surface area contributed by atoms with Crippen molar-refractivity contribution in [2.75, 3.05) is 7.11 Å². The van der Waals surface area contributed by atoms with Gasteiger partial charge in [0.05, 0.1) is 25.0 Å². The molecule has 1 aromatic heterocycles. The van der Waals surface area contributed by atoms with Crippen molar-refractivity contribution < 1.29 is 18.7 Å². The SMILES string of the molecule is COc1cc(OC(C)=O)ccc1CCc1occ2cc(C#N)ccc12. The summed E-state index contributed by atoms with van der Waals surface area (Å²) >= 11 is 0. The van der Waals surface area contributed by atoms with Crippen LogP contribution in [0.25, 0.3) is 10.8 Å². The fourth-order valence-electron chi connectivity index (χ4n) is 2.78. The van der Waals surface area contributed by atoms with Crippen molar-refractivity contribution in [1.82, 2.24) is 0 Å². The number of fused-ring (bicyclic) bond motifs is 1. The fourth-order valence-corrected chi connectivity index (χ4v) is 2.78. The maximum atomic E-state index is 11.1. The van der Waals surface area contributed by atoms with Crippen LogP contribution >= 0.6 is 0 Å². The lowest BCUT2D eigenvalue weighted by Gasteiger charge is -2.10. The van der Waals surface area contributed by atoms with Gasteiger partial charge >= 0.3 is 5.97 Å². The average molecular weight is 335 g/mol. The van der Waals surface area contributed by atoms with Gasteiger partial charge in [-0.15, -0.1) is 0 Å². The van der Waals surface area contributed by atoms with Crippen LogP contribution in [0.1, 0.15) is 23.8 Å². The van der Waals surface area contributed by atoms with Crippen molar-refractivity contribution in [3.05, 3.63) is 59.5 Å². The van der Waals surface area contributed by atoms with E-state index in [0.717, 1.165) is 22.1 Å². The maximum Gasteiger partial charge on any atom is 0.308 e. The predicted molar refractivity (Wildman–Crippen MR) is 92.6 cm³/mol. The highest BCUT2D eigenvalue weighted by atomic mass is 16.5. The van der Waals surface area contributed by atoms with Crippen molar-refractivity contribution in [1.29, 1.82) is 5.26 Å². The van der Waals surface area contributed by atoms with Crippen molar-refractivity contribution >= 4 is 16.7 Å². The zero-order chi connectivity index (χ0) is 17.8. The first-order valence-corrected chi connectivity index (χ1v) is 7.86. The lowest BCUT2D eigenvalue weighted by molar-refractivity contribution is -0.131. The van der Waals surface area contributed by atoms with Gasteiger partial charge in [0.25, 0.3) is 0 Å². The minimum Gasteiger partial charge on any atom is -0.496 e. The normalized spacial score (nSPS) is 10.4. The first-order chi connectivity index (χ1) is 12.1. The number of furan rings is 1. The molecule has 0 aliphatic carbocycles. The third-order valence-corrected chi connectivity index (χ3v) is 3.95.